The fraction of sp³-hybridized carbons (Fsp3) is 0. The topological polar surface area (TPSA) is 73.2 Å². The molecule has 0 unspecified atom stereocenters. The van der Waals surface area contributed by atoms with Crippen molar-refractivity contribution < 1.29 is 16.8 Å². The highest BCUT2D eigenvalue weighted by Crippen LogP contribution is 2.35. The number of benzene rings is 2. The maximum absolute atomic E-state index is 12.8. The molecule has 2 aromatic carbocycles. The van der Waals surface area contributed by atoms with E-state index in [4.69, 9.17) is 22.3 Å². The van der Waals surface area contributed by atoms with Crippen molar-refractivity contribution >= 4 is 52.3 Å². The van der Waals surface area contributed by atoms with Gasteiger partial charge in [-0.2, -0.15) is 0 Å². The fourth-order valence-corrected chi connectivity index (χ4v) is 5.09. The van der Waals surface area contributed by atoms with E-state index in [9.17, 15) is 16.8 Å². The molecule has 0 N–H and O–H groups in total. The van der Waals surface area contributed by atoms with Crippen LogP contribution in [0, 0.1) is 0 Å². The molecule has 0 spiro atoms. The van der Waals surface area contributed by atoms with Crippen LogP contribution in [0.5, 0.6) is 0 Å². The van der Waals surface area contributed by atoms with Crippen LogP contribution >= 0.6 is 22.3 Å². The molecule has 0 aliphatic heterocycles. The minimum atomic E-state index is -4.17. The van der Waals surface area contributed by atoms with Crippen molar-refractivity contribution in [1.29, 1.82) is 0 Å². The first kappa shape index (κ1) is 16.3. The van der Waals surface area contributed by atoms with Crippen LogP contribution in [0.15, 0.2) is 64.5 Å². The van der Waals surface area contributed by atoms with E-state index in [2.05, 4.69) is 0 Å². The van der Waals surface area contributed by atoms with E-state index >= 15 is 0 Å². The van der Waals surface area contributed by atoms with E-state index in [1.165, 1.54) is 30.3 Å². The van der Waals surface area contributed by atoms with Gasteiger partial charge >= 0.3 is 0 Å². The Bertz CT molecular complexity index is 1100. The molecule has 1 heterocycles. The fourth-order valence-electron chi connectivity index (χ4n) is 2.27. The van der Waals surface area contributed by atoms with Gasteiger partial charge in [-0.25, -0.2) is 20.8 Å². The molecule has 0 amide bonds. The summed E-state index contributed by atoms with van der Waals surface area (Å²) in [5.74, 6) is 0. The first-order valence-electron chi connectivity index (χ1n) is 6.28. The predicted molar refractivity (Wildman–Crippen MR) is 89.0 cm³/mol. The maximum atomic E-state index is 12.8. The molecule has 1 aromatic heterocycles. The molecule has 0 fully saturated rings. The Labute approximate surface area is 142 Å². The van der Waals surface area contributed by atoms with Gasteiger partial charge in [-0.3, -0.25) is 0 Å². The quantitative estimate of drug-likeness (QED) is 0.642. The van der Waals surface area contributed by atoms with Crippen molar-refractivity contribution in [3.8, 4) is 0 Å². The number of fused-ring (bicyclic) bond motifs is 1. The highest BCUT2D eigenvalue weighted by atomic mass is 35.7. The van der Waals surface area contributed by atoms with Crippen molar-refractivity contribution in [3.63, 3.8) is 0 Å². The van der Waals surface area contributed by atoms with E-state index in [0.717, 1.165) is 10.2 Å². The normalized spacial score (nSPS) is 12.6. The van der Waals surface area contributed by atoms with Crippen LogP contribution in [0.2, 0.25) is 5.02 Å². The third-order valence-corrected chi connectivity index (χ3v) is 6.61. The monoisotopic (exact) mass is 389 g/mol. The number of rotatable bonds is 3. The lowest BCUT2D eigenvalue weighted by atomic mass is 10.2. The molecule has 0 aliphatic rings. The molecular weight excluding hydrogens is 381 g/mol. The van der Waals surface area contributed by atoms with Crippen LogP contribution < -0.4 is 0 Å². The average molecular weight is 390 g/mol. The number of hydrogen-bond donors (Lipinski definition) is 0. The second-order valence-electron chi connectivity index (χ2n) is 4.68. The largest absolute Gasteiger partial charge is 0.268 e. The zero-order valence-corrected chi connectivity index (χ0v) is 14.5. The van der Waals surface area contributed by atoms with E-state index in [0.29, 0.717) is 0 Å². The Morgan fingerprint density at radius 1 is 0.870 bits per heavy atom. The van der Waals surface area contributed by atoms with Crippen molar-refractivity contribution in [1.82, 2.24) is 3.97 Å². The van der Waals surface area contributed by atoms with Gasteiger partial charge in [0.1, 0.15) is 4.90 Å². The summed E-state index contributed by atoms with van der Waals surface area (Å²) in [5.41, 5.74) is 0.139. The van der Waals surface area contributed by atoms with E-state index in [-0.39, 0.29) is 25.7 Å². The SMILES string of the molecule is O=S(=O)(Cl)c1cn(S(=O)(=O)c2ccccc2)c2cccc(Cl)c12. The third kappa shape index (κ3) is 2.74. The van der Waals surface area contributed by atoms with Gasteiger partial charge in [0.25, 0.3) is 19.1 Å². The zero-order valence-electron chi connectivity index (χ0n) is 11.3. The van der Waals surface area contributed by atoms with Gasteiger partial charge in [-0.15, -0.1) is 0 Å². The smallest absolute Gasteiger partial charge is 0.240 e. The highest BCUT2D eigenvalue weighted by Gasteiger charge is 2.26. The minimum absolute atomic E-state index is 0.0235. The van der Waals surface area contributed by atoms with Gasteiger partial charge in [0.2, 0.25) is 0 Å². The third-order valence-electron chi connectivity index (χ3n) is 3.27. The standard InChI is InChI=1S/C14H9Cl2NO4S2/c15-11-7-4-8-12-14(11)13(22(16,18)19)9-17(12)23(20,21)10-5-2-1-3-6-10/h1-9H. The highest BCUT2D eigenvalue weighted by molar-refractivity contribution is 8.14. The predicted octanol–water partition coefficient (Wildman–Crippen LogP) is 3.46. The summed E-state index contributed by atoms with van der Waals surface area (Å²) in [4.78, 5) is -0.324. The Morgan fingerprint density at radius 3 is 2.13 bits per heavy atom. The summed E-state index contributed by atoms with van der Waals surface area (Å²) in [7, 11) is -2.73. The Hall–Kier alpha value is -1.54. The lowest BCUT2D eigenvalue weighted by molar-refractivity contribution is 0.589. The summed E-state index contributed by atoms with van der Waals surface area (Å²) >= 11 is 6.05. The van der Waals surface area contributed by atoms with Crippen LogP contribution in [0.4, 0.5) is 0 Å². The number of hydrogen-bond acceptors (Lipinski definition) is 4. The lowest BCUT2D eigenvalue weighted by Gasteiger charge is -2.07. The van der Waals surface area contributed by atoms with Gasteiger partial charge in [-0.1, -0.05) is 35.9 Å². The van der Waals surface area contributed by atoms with Crippen molar-refractivity contribution in [2.45, 2.75) is 9.79 Å². The molecule has 3 aromatic rings. The summed E-state index contributed by atoms with van der Waals surface area (Å²) in [6.07, 6.45) is 0.973. The summed E-state index contributed by atoms with van der Waals surface area (Å²) < 4.78 is 50.0. The lowest BCUT2D eigenvalue weighted by Crippen LogP contribution is -2.11. The molecule has 0 atom stereocenters. The van der Waals surface area contributed by atoms with Crippen LogP contribution in [-0.4, -0.2) is 20.8 Å². The van der Waals surface area contributed by atoms with E-state index < -0.39 is 19.1 Å². The van der Waals surface area contributed by atoms with Gasteiger partial charge in [0.05, 0.1) is 15.4 Å². The second kappa shape index (κ2) is 5.52. The number of nitrogens with zero attached hydrogens (tertiary/aromatic N) is 1. The van der Waals surface area contributed by atoms with Crippen molar-refractivity contribution in [2.75, 3.05) is 0 Å². The first-order valence-corrected chi connectivity index (χ1v) is 10.4. The Kier molecular flexibility index (Phi) is 3.92. The molecule has 0 radical (unpaired) electrons. The summed E-state index contributed by atoms with van der Waals surface area (Å²) in [6.45, 7) is 0. The molecule has 0 saturated heterocycles. The van der Waals surface area contributed by atoms with E-state index in [1.54, 1.807) is 18.2 Å². The zero-order chi connectivity index (χ0) is 16.8. The minimum Gasteiger partial charge on any atom is -0.240 e. The second-order valence-corrected chi connectivity index (χ2v) is 9.44. The maximum Gasteiger partial charge on any atom is 0.268 e. The van der Waals surface area contributed by atoms with Crippen LogP contribution in [0.25, 0.3) is 10.9 Å². The van der Waals surface area contributed by atoms with Gasteiger partial charge < -0.3 is 0 Å². The summed E-state index contributed by atoms with van der Waals surface area (Å²) in [6, 6.07) is 12.1. The van der Waals surface area contributed by atoms with Crippen LogP contribution in [0.1, 0.15) is 0 Å². The summed E-state index contributed by atoms with van der Waals surface area (Å²) in [5, 5.41) is 0.174. The molecule has 0 aliphatic carbocycles. The number of halogens is 2. The van der Waals surface area contributed by atoms with Crippen molar-refractivity contribution in [3.05, 3.63) is 59.8 Å². The van der Waals surface area contributed by atoms with Gasteiger partial charge in [0, 0.05) is 22.3 Å². The van der Waals surface area contributed by atoms with Gasteiger partial charge in [0.15, 0.2) is 0 Å². The molecule has 5 nitrogen and oxygen atoms in total. The van der Waals surface area contributed by atoms with Crippen LogP contribution in [-0.2, 0) is 19.1 Å². The van der Waals surface area contributed by atoms with Gasteiger partial charge in [-0.05, 0) is 24.3 Å². The Balaban J connectivity index is 2.43. The Morgan fingerprint density at radius 2 is 1.52 bits per heavy atom. The van der Waals surface area contributed by atoms with Crippen LogP contribution in [0.3, 0.4) is 0 Å². The molecule has 23 heavy (non-hydrogen) atoms. The average Bonchev–Trinajstić information content (AvgIpc) is 2.90. The molecular formula is C14H9Cl2NO4S2. The number of aromatic nitrogens is 1. The molecule has 0 saturated carbocycles. The molecule has 120 valence electrons. The molecule has 3 rings (SSSR count). The van der Waals surface area contributed by atoms with E-state index in [1.807, 2.05) is 0 Å². The molecule has 0 bridgehead atoms. The molecule has 9 heteroatoms. The van der Waals surface area contributed by atoms with Crippen molar-refractivity contribution in [2.24, 2.45) is 0 Å². The first-order chi connectivity index (χ1) is 10.7.